The first-order valence-corrected chi connectivity index (χ1v) is 14.1. The summed E-state index contributed by atoms with van der Waals surface area (Å²) in [6.07, 6.45) is 1.46. The SMILES string of the molecule is COC(=O)c1ccc(N2C(=O)CC(N(C(=O)C3C(C)(C)C3(C)C)C3CCN(Cc4ccccc4)CC3)C2=O)cc1. The highest BCUT2D eigenvalue weighted by atomic mass is 16.5. The summed E-state index contributed by atoms with van der Waals surface area (Å²) in [5.74, 6) is -1.45. The van der Waals surface area contributed by atoms with Crippen molar-refractivity contribution < 1.29 is 23.9 Å². The van der Waals surface area contributed by atoms with E-state index in [0.29, 0.717) is 11.3 Å². The number of esters is 1. The highest BCUT2D eigenvalue weighted by Gasteiger charge is 2.69. The lowest BCUT2D eigenvalue weighted by molar-refractivity contribution is -0.144. The predicted molar refractivity (Wildman–Crippen MR) is 151 cm³/mol. The molecule has 0 spiro atoms. The second kappa shape index (κ2) is 10.5. The van der Waals surface area contributed by atoms with Gasteiger partial charge >= 0.3 is 5.97 Å². The fraction of sp³-hybridized carbons (Fsp3) is 0.500. The summed E-state index contributed by atoms with van der Waals surface area (Å²) in [5.41, 5.74) is 1.60. The lowest BCUT2D eigenvalue weighted by atomic mass is 9.97. The Hall–Kier alpha value is -3.52. The van der Waals surface area contributed by atoms with E-state index in [4.69, 9.17) is 4.74 Å². The molecule has 8 heteroatoms. The molecule has 0 N–H and O–H groups in total. The molecule has 1 atom stereocenters. The predicted octanol–water partition coefficient (Wildman–Crippen LogP) is 4.28. The number of nitrogens with zero attached hydrogens (tertiary/aromatic N) is 3. The van der Waals surface area contributed by atoms with E-state index in [2.05, 4.69) is 44.7 Å². The van der Waals surface area contributed by atoms with Gasteiger partial charge in [0.15, 0.2) is 0 Å². The summed E-state index contributed by atoms with van der Waals surface area (Å²) >= 11 is 0. The summed E-state index contributed by atoms with van der Waals surface area (Å²) in [6.45, 7) is 10.9. The zero-order valence-corrected chi connectivity index (χ0v) is 24.1. The van der Waals surface area contributed by atoms with Crippen LogP contribution in [0.4, 0.5) is 5.69 Å². The van der Waals surface area contributed by atoms with E-state index in [1.165, 1.54) is 29.7 Å². The number of hydrogen-bond donors (Lipinski definition) is 0. The number of methoxy groups -OCH3 is 1. The molecule has 40 heavy (non-hydrogen) atoms. The molecule has 2 heterocycles. The van der Waals surface area contributed by atoms with Crippen LogP contribution in [-0.4, -0.2) is 65.8 Å². The second-order valence-corrected chi connectivity index (χ2v) is 12.4. The van der Waals surface area contributed by atoms with Gasteiger partial charge in [-0.15, -0.1) is 0 Å². The first-order valence-electron chi connectivity index (χ1n) is 14.1. The lowest BCUT2D eigenvalue weighted by Crippen LogP contribution is -2.55. The molecule has 212 valence electrons. The molecule has 3 fully saturated rings. The topological polar surface area (TPSA) is 87.2 Å². The standard InChI is InChI=1S/C32H39N3O5/c1-31(2)27(32(31,3)4)29(38)34(24-15-17-33(18-16-24)20-21-9-7-6-8-10-21)25-19-26(36)35(28(25)37)23-13-11-22(12-14-23)30(39)40-5/h6-14,24-25,27H,15-20H2,1-5H3. The van der Waals surface area contributed by atoms with Crippen LogP contribution in [0.2, 0.25) is 0 Å². The van der Waals surface area contributed by atoms with Crippen LogP contribution < -0.4 is 4.90 Å². The van der Waals surface area contributed by atoms with E-state index < -0.39 is 12.0 Å². The number of hydrogen-bond acceptors (Lipinski definition) is 6. The van der Waals surface area contributed by atoms with E-state index in [-0.39, 0.29) is 46.9 Å². The van der Waals surface area contributed by atoms with Crippen LogP contribution in [0.5, 0.6) is 0 Å². The smallest absolute Gasteiger partial charge is 0.337 e. The monoisotopic (exact) mass is 545 g/mol. The van der Waals surface area contributed by atoms with Gasteiger partial charge < -0.3 is 9.64 Å². The Morgan fingerprint density at radius 1 is 0.925 bits per heavy atom. The molecule has 3 amide bonds. The van der Waals surface area contributed by atoms with Crippen LogP contribution in [0, 0.1) is 16.7 Å². The zero-order valence-electron chi connectivity index (χ0n) is 24.1. The van der Waals surface area contributed by atoms with Gasteiger partial charge in [0.2, 0.25) is 11.8 Å². The van der Waals surface area contributed by atoms with Crippen molar-refractivity contribution in [2.24, 2.45) is 16.7 Å². The fourth-order valence-electron chi connectivity index (χ4n) is 6.72. The van der Waals surface area contributed by atoms with Crippen molar-refractivity contribution in [1.82, 2.24) is 9.80 Å². The summed E-state index contributed by atoms with van der Waals surface area (Å²) in [7, 11) is 1.30. The van der Waals surface area contributed by atoms with Crippen LogP contribution in [0.1, 0.15) is 62.9 Å². The Morgan fingerprint density at radius 2 is 1.52 bits per heavy atom. The van der Waals surface area contributed by atoms with E-state index in [1.807, 2.05) is 18.2 Å². The van der Waals surface area contributed by atoms with Crippen LogP contribution >= 0.6 is 0 Å². The first kappa shape index (κ1) is 28.0. The third kappa shape index (κ3) is 4.83. The maximum Gasteiger partial charge on any atom is 0.337 e. The average molecular weight is 546 g/mol. The summed E-state index contributed by atoms with van der Waals surface area (Å²) in [6, 6.07) is 15.6. The largest absolute Gasteiger partial charge is 0.465 e. The van der Waals surface area contributed by atoms with Crippen molar-refractivity contribution in [3.63, 3.8) is 0 Å². The Kier molecular flexibility index (Phi) is 7.33. The fourth-order valence-corrected chi connectivity index (χ4v) is 6.72. The molecule has 0 aromatic heterocycles. The number of likely N-dealkylation sites (tertiary alicyclic amines) is 1. The molecule has 2 aromatic rings. The number of ether oxygens (including phenoxy) is 1. The van der Waals surface area contributed by atoms with E-state index in [9.17, 15) is 19.2 Å². The maximum absolute atomic E-state index is 14.2. The van der Waals surface area contributed by atoms with Crippen molar-refractivity contribution in [2.45, 2.75) is 65.6 Å². The quantitative estimate of drug-likeness (QED) is 0.381. The van der Waals surface area contributed by atoms with Crippen molar-refractivity contribution in [1.29, 1.82) is 0 Å². The van der Waals surface area contributed by atoms with Crippen molar-refractivity contribution in [3.05, 3.63) is 65.7 Å². The first-order chi connectivity index (χ1) is 19.0. The molecule has 2 aromatic carbocycles. The van der Waals surface area contributed by atoms with Gasteiger partial charge in [0.05, 0.1) is 24.8 Å². The van der Waals surface area contributed by atoms with Crippen LogP contribution in [0.3, 0.4) is 0 Å². The van der Waals surface area contributed by atoms with E-state index >= 15 is 0 Å². The molecule has 8 nitrogen and oxygen atoms in total. The Morgan fingerprint density at radius 3 is 2.08 bits per heavy atom. The minimum atomic E-state index is -0.835. The maximum atomic E-state index is 14.2. The third-order valence-electron chi connectivity index (χ3n) is 9.73. The van der Waals surface area contributed by atoms with Gasteiger partial charge in [-0.25, -0.2) is 9.69 Å². The van der Waals surface area contributed by atoms with Gasteiger partial charge in [0.25, 0.3) is 5.91 Å². The minimum Gasteiger partial charge on any atom is -0.465 e. The minimum absolute atomic E-state index is 0.0226. The molecule has 3 aliphatic rings. The zero-order chi connectivity index (χ0) is 28.8. The van der Waals surface area contributed by atoms with Gasteiger partial charge in [0, 0.05) is 31.6 Å². The van der Waals surface area contributed by atoms with Crippen LogP contribution in [0.25, 0.3) is 0 Å². The second-order valence-electron chi connectivity index (χ2n) is 12.4. The molecule has 0 bridgehead atoms. The van der Waals surface area contributed by atoms with Crippen molar-refractivity contribution >= 4 is 29.4 Å². The molecule has 1 unspecified atom stereocenters. The van der Waals surface area contributed by atoms with Gasteiger partial charge in [-0.05, 0) is 53.5 Å². The summed E-state index contributed by atoms with van der Waals surface area (Å²) < 4.78 is 4.75. The number of imide groups is 1. The Bertz CT molecular complexity index is 1280. The van der Waals surface area contributed by atoms with E-state index in [1.54, 1.807) is 17.0 Å². The lowest BCUT2D eigenvalue weighted by Gasteiger charge is -2.41. The highest BCUT2D eigenvalue weighted by Crippen LogP contribution is 2.69. The van der Waals surface area contributed by atoms with Gasteiger partial charge in [-0.3, -0.25) is 19.3 Å². The highest BCUT2D eigenvalue weighted by molar-refractivity contribution is 6.23. The summed E-state index contributed by atoms with van der Waals surface area (Å²) in [4.78, 5) is 58.5. The van der Waals surface area contributed by atoms with Crippen LogP contribution in [0.15, 0.2) is 54.6 Å². The Balaban J connectivity index is 1.38. The van der Waals surface area contributed by atoms with E-state index in [0.717, 1.165) is 32.5 Å². The number of carbonyl (C=O) groups is 4. The number of benzene rings is 2. The van der Waals surface area contributed by atoms with Gasteiger partial charge in [-0.1, -0.05) is 58.0 Å². The van der Waals surface area contributed by atoms with Crippen molar-refractivity contribution in [2.75, 3.05) is 25.1 Å². The van der Waals surface area contributed by atoms with Crippen molar-refractivity contribution in [3.8, 4) is 0 Å². The number of carbonyl (C=O) groups excluding carboxylic acids is 4. The number of amides is 3. The molecular formula is C32H39N3O5. The molecule has 0 radical (unpaired) electrons. The third-order valence-corrected chi connectivity index (χ3v) is 9.73. The normalized spacial score (nSPS) is 22.8. The number of rotatable bonds is 7. The summed E-state index contributed by atoms with van der Waals surface area (Å²) in [5, 5.41) is 0. The number of piperidine rings is 1. The molecule has 1 aliphatic carbocycles. The molecule has 1 saturated carbocycles. The average Bonchev–Trinajstić information content (AvgIpc) is 3.17. The number of anilines is 1. The molecule has 2 aliphatic heterocycles. The molecule has 5 rings (SSSR count). The molecule has 2 saturated heterocycles. The van der Waals surface area contributed by atoms with Gasteiger partial charge in [-0.2, -0.15) is 0 Å². The Labute approximate surface area is 236 Å². The molecular weight excluding hydrogens is 506 g/mol. The van der Waals surface area contributed by atoms with Crippen LogP contribution in [-0.2, 0) is 25.7 Å². The van der Waals surface area contributed by atoms with Gasteiger partial charge in [0.1, 0.15) is 6.04 Å².